The van der Waals surface area contributed by atoms with E-state index in [1.807, 2.05) is 0 Å². The third-order valence-electron chi connectivity index (χ3n) is 1.36. The Balaban J connectivity index is 2.85. The molecule has 0 aliphatic rings. The summed E-state index contributed by atoms with van der Waals surface area (Å²) >= 11 is 0. The van der Waals surface area contributed by atoms with Crippen LogP contribution in [0, 0.1) is 0 Å². The molecule has 1 aromatic rings. The lowest BCUT2D eigenvalue weighted by Crippen LogP contribution is -2.31. The second kappa shape index (κ2) is 3.01. The van der Waals surface area contributed by atoms with E-state index in [1.165, 1.54) is 4.90 Å². The van der Waals surface area contributed by atoms with Gasteiger partial charge in [-0.3, -0.25) is 9.88 Å². The third-order valence-corrected chi connectivity index (χ3v) is 1.36. The lowest BCUT2D eigenvalue weighted by molar-refractivity contribution is 0.255. The molecule has 2 N–H and O–H groups in total. The normalized spacial score (nSPS) is 9.18. The lowest BCUT2D eigenvalue weighted by atomic mass is 10.4. The highest BCUT2D eigenvalue weighted by atomic mass is 16.2. The van der Waals surface area contributed by atoms with Gasteiger partial charge in [-0.05, 0) is 12.1 Å². The van der Waals surface area contributed by atoms with E-state index >= 15 is 0 Å². The molecule has 0 aliphatic heterocycles. The zero-order valence-electron chi connectivity index (χ0n) is 6.19. The molecule has 58 valence electrons. The Labute approximate surface area is 64.6 Å². The Morgan fingerprint density at radius 3 is 2.91 bits per heavy atom. The summed E-state index contributed by atoms with van der Waals surface area (Å²) in [5.74, 6) is 0. The van der Waals surface area contributed by atoms with Gasteiger partial charge in [-0.1, -0.05) is 0 Å². The van der Waals surface area contributed by atoms with E-state index in [1.54, 1.807) is 31.6 Å². The Hall–Kier alpha value is -1.58. The summed E-state index contributed by atoms with van der Waals surface area (Å²) in [7, 11) is 1.60. The van der Waals surface area contributed by atoms with Crippen LogP contribution < -0.4 is 10.6 Å². The average Bonchev–Trinajstić information content (AvgIpc) is 2.05. The number of pyridine rings is 1. The molecule has 0 aromatic carbocycles. The zero-order valence-corrected chi connectivity index (χ0v) is 6.19. The van der Waals surface area contributed by atoms with Gasteiger partial charge >= 0.3 is 6.03 Å². The van der Waals surface area contributed by atoms with Crippen LogP contribution in [0.4, 0.5) is 10.5 Å². The topological polar surface area (TPSA) is 59.2 Å². The molecule has 11 heavy (non-hydrogen) atoms. The number of nitrogens with zero attached hydrogens (tertiary/aromatic N) is 2. The number of amides is 2. The van der Waals surface area contributed by atoms with E-state index in [-0.39, 0.29) is 0 Å². The van der Waals surface area contributed by atoms with Crippen LogP contribution in [0.1, 0.15) is 0 Å². The number of primary amides is 1. The number of urea groups is 1. The number of rotatable bonds is 1. The second-order valence-electron chi connectivity index (χ2n) is 2.11. The standard InChI is InChI=1S/C7H9N3O/c1-10(7(8)11)6-3-2-4-9-5-6/h2-5H,1H3,(H2,8,11). The van der Waals surface area contributed by atoms with Gasteiger partial charge in [0.15, 0.2) is 0 Å². The minimum absolute atomic E-state index is 0.488. The molecule has 0 saturated carbocycles. The molecule has 1 heterocycles. The van der Waals surface area contributed by atoms with Gasteiger partial charge in [0, 0.05) is 13.2 Å². The first-order valence-electron chi connectivity index (χ1n) is 3.15. The number of aromatic nitrogens is 1. The summed E-state index contributed by atoms with van der Waals surface area (Å²) in [5.41, 5.74) is 5.72. The maximum Gasteiger partial charge on any atom is 0.319 e. The van der Waals surface area contributed by atoms with Crippen LogP contribution in [-0.2, 0) is 0 Å². The zero-order chi connectivity index (χ0) is 8.27. The number of carbonyl (C=O) groups excluding carboxylic acids is 1. The van der Waals surface area contributed by atoms with E-state index in [4.69, 9.17) is 5.73 Å². The molecule has 0 aliphatic carbocycles. The van der Waals surface area contributed by atoms with Gasteiger partial charge in [0.1, 0.15) is 0 Å². The quantitative estimate of drug-likeness (QED) is 0.638. The van der Waals surface area contributed by atoms with Crippen molar-refractivity contribution in [3.63, 3.8) is 0 Å². The van der Waals surface area contributed by atoms with E-state index < -0.39 is 6.03 Å². The van der Waals surface area contributed by atoms with Gasteiger partial charge < -0.3 is 5.73 Å². The molecule has 0 unspecified atom stereocenters. The molecule has 1 aromatic heterocycles. The van der Waals surface area contributed by atoms with Gasteiger partial charge in [0.25, 0.3) is 0 Å². The Morgan fingerprint density at radius 1 is 1.73 bits per heavy atom. The number of anilines is 1. The maximum absolute atomic E-state index is 10.6. The van der Waals surface area contributed by atoms with E-state index in [2.05, 4.69) is 4.98 Å². The number of nitrogens with two attached hydrogens (primary N) is 1. The van der Waals surface area contributed by atoms with Crippen LogP contribution in [0.2, 0.25) is 0 Å². The molecule has 0 spiro atoms. The van der Waals surface area contributed by atoms with Crippen LogP contribution in [0.3, 0.4) is 0 Å². The van der Waals surface area contributed by atoms with Gasteiger partial charge in [-0.2, -0.15) is 0 Å². The molecule has 1 rings (SSSR count). The summed E-state index contributed by atoms with van der Waals surface area (Å²) in [5, 5.41) is 0. The van der Waals surface area contributed by atoms with Crippen molar-refractivity contribution in [2.24, 2.45) is 5.73 Å². The van der Waals surface area contributed by atoms with Gasteiger partial charge in [-0.25, -0.2) is 4.79 Å². The number of hydrogen-bond donors (Lipinski definition) is 1. The van der Waals surface area contributed by atoms with Crippen molar-refractivity contribution in [3.05, 3.63) is 24.5 Å². The first-order chi connectivity index (χ1) is 5.22. The molecule has 0 radical (unpaired) electrons. The SMILES string of the molecule is CN(C(N)=O)c1cccnc1. The maximum atomic E-state index is 10.6. The fraction of sp³-hybridized carbons (Fsp3) is 0.143. The van der Waals surface area contributed by atoms with Crippen molar-refractivity contribution >= 4 is 11.7 Å². The summed E-state index contributed by atoms with van der Waals surface area (Å²) in [6.45, 7) is 0. The molecule has 0 saturated heterocycles. The largest absolute Gasteiger partial charge is 0.351 e. The molecular formula is C7H9N3O. The van der Waals surface area contributed by atoms with E-state index in [9.17, 15) is 4.79 Å². The predicted octanol–water partition coefficient (Wildman–Crippen LogP) is 0.597. The van der Waals surface area contributed by atoms with Crippen LogP contribution in [0.25, 0.3) is 0 Å². The van der Waals surface area contributed by atoms with Crippen molar-refractivity contribution in [1.29, 1.82) is 0 Å². The monoisotopic (exact) mass is 151 g/mol. The fourth-order valence-electron chi connectivity index (χ4n) is 0.679. The third kappa shape index (κ3) is 1.67. The molecule has 4 nitrogen and oxygen atoms in total. The summed E-state index contributed by atoms with van der Waals surface area (Å²) in [4.78, 5) is 15.8. The molecule has 4 heteroatoms. The number of carbonyl (C=O) groups is 1. The van der Waals surface area contributed by atoms with Crippen LogP contribution in [0.15, 0.2) is 24.5 Å². The fourth-order valence-corrected chi connectivity index (χ4v) is 0.679. The van der Waals surface area contributed by atoms with Crippen molar-refractivity contribution in [2.75, 3.05) is 11.9 Å². The summed E-state index contributed by atoms with van der Waals surface area (Å²) < 4.78 is 0. The Bertz CT molecular complexity index is 247. The van der Waals surface area contributed by atoms with Crippen molar-refractivity contribution in [1.82, 2.24) is 4.98 Å². The highest BCUT2D eigenvalue weighted by Crippen LogP contribution is 2.07. The Kier molecular flexibility index (Phi) is 2.06. The first-order valence-corrected chi connectivity index (χ1v) is 3.15. The van der Waals surface area contributed by atoms with Gasteiger partial charge in [0.2, 0.25) is 0 Å². The van der Waals surface area contributed by atoms with Crippen molar-refractivity contribution in [2.45, 2.75) is 0 Å². The van der Waals surface area contributed by atoms with Crippen LogP contribution in [0.5, 0.6) is 0 Å². The van der Waals surface area contributed by atoms with Crippen molar-refractivity contribution < 1.29 is 4.79 Å². The first kappa shape index (κ1) is 7.53. The molecule has 0 atom stereocenters. The van der Waals surface area contributed by atoms with Crippen LogP contribution in [-0.4, -0.2) is 18.1 Å². The minimum atomic E-state index is -0.488. The van der Waals surface area contributed by atoms with Gasteiger partial charge in [-0.15, -0.1) is 0 Å². The Morgan fingerprint density at radius 2 is 2.45 bits per heavy atom. The molecule has 0 bridgehead atoms. The van der Waals surface area contributed by atoms with Crippen molar-refractivity contribution in [3.8, 4) is 0 Å². The smallest absolute Gasteiger partial charge is 0.319 e. The summed E-state index contributed by atoms with van der Waals surface area (Å²) in [6, 6.07) is 3.02. The average molecular weight is 151 g/mol. The number of hydrogen-bond acceptors (Lipinski definition) is 2. The molecule has 0 fully saturated rings. The molecular weight excluding hydrogens is 142 g/mol. The minimum Gasteiger partial charge on any atom is -0.351 e. The lowest BCUT2D eigenvalue weighted by Gasteiger charge is -2.12. The molecule has 2 amide bonds. The van der Waals surface area contributed by atoms with E-state index in [0.29, 0.717) is 5.69 Å². The predicted molar refractivity (Wildman–Crippen MR) is 42.2 cm³/mol. The van der Waals surface area contributed by atoms with Gasteiger partial charge in [0.05, 0.1) is 11.9 Å². The highest BCUT2D eigenvalue weighted by Gasteiger charge is 2.03. The second-order valence-corrected chi connectivity index (χ2v) is 2.11. The highest BCUT2D eigenvalue weighted by molar-refractivity contribution is 5.89. The van der Waals surface area contributed by atoms with Crippen LogP contribution >= 0.6 is 0 Å². The summed E-state index contributed by atoms with van der Waals surface area (Å²) in [6.07, 6.45) is 3.21. The van der Waals surface area contributed by atoms with E-state index in [0.717, 1.165) is 0 Å².